The van der Waals surface area contributed by atoms with Gasteiger partial charge in [0.1, 0.15) is 5.41 Å². The number of nitrogens with one attached hydrogen (secondary N) is 1. The molecule has 0 aromatic heterocycles. The Bertz CT molecular complexity index is 924. The van der Waals surface area contributed by atoms with E-state index in [0.29, 0.717) is 12.0 Å². The van der Waals surface area contributed by atoms with E-state index >= 15 is 0 Å². The van der Waals surface area contributed by atoms with Crippen LogP contribution in [0.15, 0.2) is 59.5 Å². The van der Waals surface area contributed by atoms with Crippen LogP contribution < -0.4 is 5.32 Å². The van der Waals surface area contributed by atoms with E-state index in [9.17, 15) is 23.1 Å². The highest BCUT2D eigenvalue weighted by molar-refractivity contribution is 7.91. The van der Waals surface area contributed by atoms with Gasteiger partial charge in [-0.05, 0) is 31.0 Å². The highest BCUT2D eigenvalue weighted by atomic mass is 32.2. The molecule has 2 aromatic rings. The van der Waals surface area contributed by atoms with Gasteiger partial charge in [0.25, 0.3) is 5.91 Å². The molecule has 0 bridgehead atoms. The zero-order chi connectivity index (χ0) is 20.1. The molecule has 0 spiro atoms. The molecule has 2 aromatic carbocycles. The van der Waals surface area contributed by atoms with E-state index < -0.39 is 27.1 Å². The zero-order valence-corrected chi connectivity index (χ0v) is 16.1. The molecule has 1 atom stereocenters. The predicted octanol–water partition coefficient (Wildman–Crippen LogP) is 2.64. The average molecular weight is 389 g/mol. The van der Waals surface area contributed by atoms with Crippen molar-refractivity contribution in [3.8, 4) is 0 Å². The maximum atomic E-state index is 12.6. The summed E-state index contributed by atoms with van der Waals surface area (Å²) in [5.74, 6) is -1.76. The van der Waals surface area contributed by atoms with Gasteiger partial charge in [0.05, 0.1) is 16.2 Å². The first-order chi connectivity index (χ1) is 12.7. The van der Waals surface area contributed by atoms with Crippen LogP contribution in [0.4, 0.5) is 0 Å². The van der Waals surface area contributed by atoms with Crippen molar-refractivity contribution < 1.29 is 23.1 Å². The molecule has 7 heteroatoms. The largest absolute Gasteiger partial charge is 0.481 e. The van der Waals surface area contributed by atoms with E-state index in [1.165, 1.54) is 19.1 Å². The minimum Gasteiger partial charge on any atom is -0.481 e. The number of carbonyl (C=O) groups excluding carboxylic acids is 1. The monoisotopic (exact) mass is 389 g/mol. The van der Waals surface area contributed by atoms with Gasteiger partial charge in [-0.2, -0.15) is 0 Å². The molecule has 0 aliphatic rings. The van der Waals surface area contributed by atoms with Crippen LogP contribution in [-0.4, -0.2) is 37.7 Å². The first kappa shape index (κ1) is 20.6. The third-order valence-electron chi connectivity index (χ3n) is 4.43. The van der Waals surface area contributed by atoms with Gasteiger partial charge < -0.3 is 10.4 Å². The molecule has 27 heavy (non-hydrogen) atoms. The fourth-order valence-electron chi connectivity index (χ4n) is 2.76. The molecular formula is C20H23NO5S. The van der Waals surface area contributed by atoms with Crippen molar-refractivity contribution in [1.29, 1.82) is 0 Å². The van der Waals surface area contributed by atoms with Gasteiger partial charge in [0.2, 0.25) is 0 Å². The van der Waals surface area contributed by atoms with Gasteiger partial charge in [-0.15, -0.1) is 0 Å². The number of hydrogen-bond acceptors (Lipinski definition) is 4. The summed E-state index contributed by atoms with van der Waals surface area (Å²) >= 11 is 0. The molecule has 6 nitrogen and oxygen atoms in total. The number of carbonyl (C=O) groups is 2. The summed E-state index contributed by atoms with van der Waals surface area (Å²) in [5, 5.41) is 12.3. The van der Waals surface area contributed by atoms with Crippen LogP contribution >= 0.6 is 0 Å². The Balaban J connectivity index is 2.29. The van der Waals surface area contributed by atoms with Crippen LogP contribution in [0.1, 0.15) is 36.2 Å². The van der Waals surface area contributed by atoms with Gasteiger partial charge in [-0.1, -0.05) is 49.4 Å². The summed E-state index contributed by atoms with van der Waals surface area (Å²) in [7, 11) is -3.59. The number of amides is 1. The van der Waals surface area contributed by atoms with E-state index in [1.54, 1.807) is 49.4 Å². The van der Waals surface area contributed by atoms with Crippen LogP contribution in [0.3, 0.4) is 0 Å². The molecule has 0 aliphatic heterocycles. The Hall–Kier alpha value is -2.67. The fraction of sp³-hybridized carbons (Fsp3) is 0.300. The Kier molecular flexibility index (Phi) is 6.38. The summed E-state index contributed by atoms with van der Waals surface area (Å²) in [6.45, 7) is 3.09. The standard InChI is InChI=1S/C20H23NO5S/c1-3-13-27(25,26)17-12-8-7-11-16(17)18(22)21-14-20(2,19(23)24)15-9-5-4-6-10-15/h4-12H,3,13-14H2,1-2H3,(H,21,22)(H,23,24). The lowest BCUT2D eigenvalue weighted by molar-refractivity contribution is -0.142. The van der Waals surface area contributed by atoms with Gasteiger partial charge in [-0.3, -0.25) is 9.59 Å². The Morgan fingerprint density at radius 3 is 2.22 bits per heavy atom. The lowest BCUT2D eigenvalue weighted by Gasteiger charge is -2.26. The van der Waals surface area contributed by atoms with Crippen molar-refractivity contribution in [1.82, 2.24) is 5.32 Å². The highest BCUT2D eigenvalue weighted by Crippen LogP contribution is 2.24. The van der Waals surface area contributed by atoms with E-state index in [2.05, 4.69) is 5.32 Å². The minimum absolute atomic E-state index is 0.0201. The second kappa shape index (κ2) is 8.35. The van der Waals surface area contributed by atoms with E-state index in [1.807, 2.05) is 0 Å². The maximum Gasteiger partial charge on any atom is 0.315 e. The molecule has 2 N–H and O–H groups in total. The lowest BCUT2D eigenvalue weighted by Crippen LogP contribution is -2.44. The predicted molar refractivity (Wildman–Crippen MR) is 103 cm³/mol. The number of carboxylic acids is 1. The molecule has 1 amide bonds. The summed E-state index contributed by atoms with van der Waals surface area (Å²) in [5.41, 5.74) is -0.773. The number of benzene rings is 2. The fourth-order valence-corrected chi connectivity index (χ4v) is 4.30. The molecule has 0 aliphatic carbocycles. The number of aliphatic carboxylic acids is 1. The molecule has 1 unspecified atom stereocenters. The van der Waals surface area contributed by atoms with Crippen LogP contribution in [-0.2, 0) is 20.0 Å². The lowest BCUT2D eigenvalue weighted by atomic mass is 9.82. The van der Waals surface area contributed by atoms with Crippen molar-refractivity contribution in [2.75, 3.05) is 12.3 Å². The molecule has 0 saturated carbocycles. The van der Waals surface area contributed by atoms with E-state index in [0.717, 1.165) is 0 Å². The van der Waals surface area contributed by atoms with Gasteiger partial charge in [0.15, 0.2) is 9.84 Å². The van der Waals surface area contributed by atoms with Crippen LogP contribution in [0.2, 0.25) is 0 Å². The number of sulfone groups is 1. The van der Waals surface area contributed by atoms with Gasteiger partial charge in [0, 0.05) is 6.54 Å². The Morgan fingerprint density at radius 2 is 1.63 bits per heavy atom. The molecule has 0 saturated heterocycles. The minimum atomic E-state index is -3.59. The van der Waals surface area contributed by atoms with Crippen LogP contribution in [0.25, 0.3) is 0 Å². The smallest absolute Gasteiger partial charge is 0.315 e. The average Bonchev–Trinajstić information content (AvgIpc) is 2.66. The quantitative estimate of drug-likeness (QED) is 0.723. The first-order valence-electron chi connectivity index (χ1n) is 8.61. The summed E-state index contributed by atoms with van der Waals surface area (Å²) < 4.78 is 24.8. The second-order valence-corrected chi connectivity index (χ2v) is 8.58. The SMILES string of the molecule is CCCS(=O)(=O)c1ccccc1C(=O)NCC(C)(C(=O)O)c1ccccc1. The third kappa shape index (κ3) is 4.54. The molecule has 0 heterocycles. The van der Waals surface area contributed by atoms with Crippen LogP contribution in [0.5, 0.6) is 0 Å². The van der Waals surface area contributed by atoms with Gasteiger partial charge in [-0.25, -0.2) is 8.42 Å². The second-order valence-electron chi connectivity index (χ2n) is 6.50. The van der Waals surface area contributed by atoms with Crippen molar-refractivity contribution >= 4 is 21.7 Å². The molecule has 0 radical (unpaired) electrons. The van der Waals surface area contributed by atoms with Crippen molar-refractivity contribution in [3.05, 3.63) is 65.7 Å². The number of carboxylic acid groups (broad SMARTS) is 1. The van der Waals surface area contributed by atoms with Crippen molar-refractivity contribution in [3.63, 3.8) is 0 Å². The van der Waals surface area contributed by atoms with Crippen LogP contribution in [0, 0.1) is 0 Å². The highest BCUT2D eigenvalue weighted by Gasteiger charge is 2.36. The summed E-state index contributed by atoms with van der Waals surface area (Å²) in [6, 6.07) is 14.6. The van der Waals surface area contributed by atoms with E-state index in [4.69, 9.17) is 0 Å². The molecular weight excluding hydrogens is 366 g/mol. The Morgan fingerprint density at radius 1 is 1.04 bits per heavy atom. The molecule has 144 valence electrons. The number of hydrogen-bond donors (Lipinski definition) is 2. The summed E-state index contributed by atoms with van der Waals surface area (Å²) in [6.07, 6.45) is 0.434. The topological polar surface area (TPSA) is 101 Å². The van der Waals surface area contributed by atoms with Crippen molar-refractivity contribution in [2.45, 2.75) is 30.6 Å². The normalized spacial score (nSPS) is 13.6. The van der Waals surface area contributed by atoms with Gasteiger partial charge >= 0.3 is 5.97 Å². The number of rotatable bonds is 8. The summed E-state index contributed by atoms with van der Waals surface area (Å²) in [4.78, 5) is 24.4. The van der Waals surface area contributed by atoms with Crippen molar-refractivity contribution in [2.24, 2.45) is 0 Å². The maximum absolute atomic E-state index is 12.6. The zero-order valence-electron chi connectivity index (χ0n) is 15.3. The first-order valence-corrected chi connectivity index (χ1v) is 10.3. The van der Waals surface area contributed by atoms with E-state index in [-0.39, 0.29) is 22.8 Å². The third-order valence-corrected chi connectivity index (χ3v) is 6.40. The molecule has 0 fully saturated rings. The molecule has 2 rings (SSSR count). The Labute approximate surface area is 159 Å².